The first-order valence-electron chi connectivity index (χ1n) is 10.3. The zero-order chi connectivity index (χ0) is 23.7. The van der Waals surface area contributed by atoms with Crippen molar-refractivity contribution in [1.82, 2.24) is 0 Å². The standard InChI is InChI=1S/C25H18ClNO5S2/c1-29-21-10-15(6-8-19(21)30-13-16-4-2-3-5-18(16)26)11-23-24(28)27(25(33)34-23)17-7-9-20-22(12-17)32-14-31-20/h2-12H,13-14H2,1H3. The fourth-order valence-corrected chi connectivity index (χ4v) is 5.02. The largest absolute Gasteiger partial charge is 0.493 e. The van der Waals surface area contributed by atoms with Gasteiger partial charge in [-0.15, -0.1) is 0 Å². The molecule has 34 heavy (non-hydrogen) atoms. The molecule has 1 amide bonds. The van der Waals surface area contributed by atoms with Gasteiger partial charge in [0.25, 0.3) is 5.91 Å². The maximum atomic E-state index is 13.1. The van der Waals surface area contributed by atoms with Crippen LogP contribution in [0.3, 0.4) is 0 Å². The molecule has 172 valence electrons. The lowest BCUT2D eigenvalue weighted by molar-refractivity contribution is -0.113. The third kappa shape index (κ3) is 4.44. The highest BCUT2D eigenvalue weighted by Gasteiger charge is 2.34. The fraction of sp³-hybridized carbons (Fsp3) is 0.120. The highest BCUT2D eigenvalue weighted by Crippen LogP contribution is 2.41. The molecule has 1 fully saturated rings. The third-order valence-electron chi connectivity index (χ3n) is 5.23. The molecule has 0 unspecified atom stereocenters. The van der Waals surface area contributed by atoms with Crippen LogP contribution in [0, 0.1) is 0 Å². The molecule has 6 nitrogen and oxygen atoms in total. The molecule has 0 saturated carbocycles. The fourth-order valence-electron chi connectivity index (χ4n) is 3.53. The minimum absolute atomic E-state index is 0.164. The van der Waals surface area contributed by atoms with Gasteiger partial charge in [0, 0.05) is 16.7 Å². The van der Waals surface area contributed by atoms with E-state index in [4.69, 9.17) is 42.8 Å². The van der Waals surface area contributed by atoms with Crippen LogP contribution >= 0.6 is 35.6 Å². The minimum atomic E-state index is -0.202. The van der Waals surface area contributed by atoms with E-state index in [1.165, 1.54) is 16.7 Å². The molecular weight excluding hydrogens is 494 g/mol. The maximum Gasteiger partial charge on any atom is 0.270 e. The summed E-state index contributed by atoms with van der Waals surface area (Å²) in [7, 11) is 1.57. The topological polar surface area (TPSA) is 57.2 Å². The van der Waals surface area contributed by atoms with Gasteiger partial charge in [0.2, 0.25) is 6.79 Å². The molecule has 9 heteroatoms. The Kier molecular flexibility index (Phi) is 6.36. The average molecular weight is 512 g/mol. The van der Waals surface area contributed by atoms with Gasteiger partial charge < -0.3 is 18.9 Å². The van der Waals surface area contributed by atoms with Crippen LogP contribution in [0.2, 0.25) is 5.02 Å². The molecule has 1 saturated heterocycles. The first-order chi connectivity index (χ1) is 16.5. The summed E-state index contributed by atoms with van der Waals surface area (Å²) < 4.78 is 22.6. The van der Waals surface area contributed by atoms with Gasteiger partial charge >= 0.3 is 0 Å². The molecule has 2 aliphatic rings. The summed E-state index contributed by atoms with van der Waals surface area (Å²) >= 11 is 12.9. The number of hydrogen-bond donors (Lipinski definition) is 0. The Bertz CT molecular complexity index is 1330. The van der Waals surface area contributed by atoms with Gasteiger partial charge in [-0.25, -0.2) is 0 Å². The molecule has 0 aliphatic carbocycles. The molecule has 0 N–H and O–H groups in total. The number of carbonyl (C=O) groups excluding carboxylic acids is 1. The Morgan fingerprint density at radius 2 is 1.91 bits per heavy atom. The normalized spacial score (nSPS) is 15.8. The van der Waals surface area contributed by atoms with Gasteiger partial charge in [0.15, 0.2) is 27.3 Å². The van der Waals surface area contributed by atoms with E-state index in [-0.39, 0.29) is 12.7 Å². The lowest BCUT2D eigenvalue weighted by Crippen LogP contribution is -2.27. The monoisotopic (exact) mass is 511 g/mol. The molecular formula is C25H18ClNO5S2. The number of fused-ring (bicyclic) bond motifs is 1. The van der Waals surface area contributed by atoms with E-state index >= 15 is 0 Å². The number of thioether (sulfide) groups is 1. The van der Waals surface area contributed by atoms with Gasteiger partial charge in [-0.3, -0.25) is 9.69 Å². The smallest absolute Gasteiger partial charge is 0.270 e. The Morgan fingerprint density at radius 3 is 2.74 bits per heavy atom. The van der Waals surface area contributed by atoms with Crippen molar-refractivity contribution in [3.8, 4) is 23.0 Å². The number of thiocarbonyl (C=S) groups is 1. The molecule has 2 aliphatic heterocycles. The molecule has 3 aromatic carbocycles. The van der Waals surface area contributed by atoms with Gasteiger partial charge in [-0.1, -0.05) is 59.8 Å². The molecule has 0 radical (unpaired) electrons. The van der Waals surface area contributed by atoms with E-state index < -0.39 is 0 Å². The van der Waals surface area contributed by atoms with Crippen LogP contribution in [-0.4, -0.2) is 24.1 Å². The molecule has 0 atom stereocenters. The number of benzene rings is 3. The van der Waals surface area contributed by atoms with Crippen molar-refractivity contribution in [2.45, 2.75) is 6.61 Å². The Morgan fingerprint density at radius 1 is 1.09 bits per heavy atom. The summed E-state index contributed by atoms with van der Waals surface area (Å²) in [6, 6.07) is 18.3. The summed E-state index contributed by atoms with van der Waals surface area (Å²) in [4.78, 5) is 15.1. The van der Waals surface area contributed by atoms with Crippen LogP contribution in [0.1, 0.15) is 11.1 Å². The second-order valence-electron chi connectivity index (χ2n) is 7.35. The zero-order valence-electron chi connectivity index (χ0n) is 17.9. The molecule has 5 rings (SSSR count). The van der Waals surface area contributed by atoms with E-state index in [0.717, 1.165) is 11.1 Å². The Hall–Kier alpha value is -3.20. The quantitative estimate of drug-likeness (QED) is 0.294. The van der Waals surface area contributed by atoms with Crippen LogP contribution in [0.5, 0.6) is 23.0 Å². The molecule has 0 bridgehead atoms. The summed E-state index contributed by atoms with van der Waals surface area (Å²) in [5.74, 6) is 2.16. The number of hydrogen-bond acceptors (Lipinski definition) is 7. The number of carbonyl (C=O) groups is 1. The number of methoxy groups -OCH3 is 1. The van der Waals surface area contributed by atoms with Crippen molar-refractivity contribution in [1.29, 1.82) is 0 Å². The van der Waals surface area contributed by atoms with Crippen molar-refractivity contribution in [2.75, 3.05) is 18.8 Å². The highest BCUT2D eigenvalue weighted by atomic mass is 35.5. The van der Waals surface area contributed by atoms with Crippen LogP contribution in [0.25, 0.3) is 6.08 Å². The van der Waals surface area contributed by atoms with E-state index in [1.807, 2.05) is 36.4 Å². The van der Waals surface area contributed by atoms with Crippen LogP contribution in [0.15, 0.2) is 65.6 Å². The number of nitrogens with zero attached hydrogens (tertiary/aromatic N) is 1. The highest BCUT2D eigenvalue weighted by molar-refractivity contribution is 8.27. The minimum Gasteiger partial charge on any atom is -0.493 e. The van der Waals surface area contributed by atoms with Gasteiger partial charge in [0.05, 0.1) is 17.7 Å². The van der Waals surface area contributed by atoms with Gasteiger partial charge in [-0.05, 0) is 42.0 Å². The molecule has 2 heterocycles. The van der Waals surface area contributed by atoms with Crippen molar-refractivity contribution >= 4 is 57.6 Å². The van der Waals surface area contributed by atoms with Crippen molar-refractivity contribution in [2.24, 2.45) is 0 Å². The molecule has 3 aromatic rings. The third-order valence-corrected chi connectivity index (χ3v) is 6.91. The summed E-state index contributed by atoms with van der Waals surface area (Å²) in [5.41, 5.74) is 2.30. The second-order valence-corrected chi connectivity index (χ2v) is 9.43. The predicted octanol–water partition coefficient (Wildman–Crippen LogP) is 6.06. The number of ether oxygens (including phenoxy) is 4. The van der Waals surface area contributed by atoms with Crippen molar-refractivity contribution in [3.05, 3.63) is 81.7 Å². The van der Waals surface area contributed by atoms with E-state index in [1.54, 1.807) is 37.5 Å². The van der Waals surface area contributed by atoms with E-state index in [9.17, 15) is 4.79 Å². The zero-order valence-corrected chi connectivity index (χ0v) is 20.3. The maximum absolute atomic E-state index is 13.1. The summed E-state index contributed by atoms with van der Waals surface area (Å²) in [6.45, 7) is 0.473. The number of halogens is 1. The number of rotatable bonds is 6. The first-order valence-corrected chi connectivity index (χ1v) is 11.9. The summed E-state index contributed by atoms with van der Waals surface area (Å²) in [5, 5.41) is 0.641. The first kappa shape index (κ1) is 22.6. The lowest BCUT2D eigenvalue weighted by Gasteiger charge is -2.14. The lowest BCUT2D eigenvalue weighted by atomic mass is 10.1. The predicted molar refractivity (Wildman–Crippen MR) is 137 cm³/mol. The van der Waals surface area contributed by atoms with Crippen molar-refractivity contribution in [3.63, 3.8) is 0 Å². The Balaban J connectivity index is 1.35. The van der Waals surface area contributed by atoms with E-state index in [2.05, 4.69) is 0 Å². The number of anilines is 1. The Labute approximate surface area is 211 Å². The van der Waals surface area contributed by atoms with Crippen LogP contribution in [0.4, 0.5) is 5.69 Å². The van der Waals surface area contributed by atoms with Gasteiger partial charge in [0.1, 0.15) is 6.61 Å². The van der Waals surface area contributed by atoms with E-state index in [0.29, 0.717) is 49.5 Å². The second kappa shape index (κ2) is 9.58. The van der Waals surface area contributed by atoms with Crippen LogP contribution < -0.4 is 23.8 Å². The SMILES string of the molecule is COc1cc(C=C2SC(=S)N(c3ccc4c(c3)OCO4)C2=O)ccc1OCc1ccccc1Cl. The molecule has 0 aromatic heterocycles. The van der Waals surface area contributed by atoms with Crippen LogP contribution in [-0.2, 0) is 11.4 Å². The summed E-state index contributed by atoms with van der Waals surface area (Å²) in [6.07, 6.45) is 1.78. The van der Waals surface area contributed by atoms with Gasteiger partial charge in [-0.2, -0.15) is 0 Å². The number of amides is 1. The van der Waals surface area contributed by atoms with Crippen molar-refractivity contribution < 1.29 is 23.7 Å². The molecule has 0 spiro atoms. The average Bonchev–Trinajstić information content (AvgIpc) is 3.42.